The van der Waals surface area contributed by atoms with Gasteiger partial charge in [0.15, 0.2) is 5.96 Å². The number of aliphatic imine (C=N–C) groups is 1. The van der Waals surface area contributed by atoms with Gasteiger partial charge in [0.25, 0.3) is 0 Å². The van der Waals surface area contributed by atoms with E-state index in [2.05, 4.69) is 47.9 Å². The van der Waals surface area contributed by atoms with E-state index in [1.165, 1.54) is 24.8 Å². The van der Waals surface area contributed by atoms with Crippen molar-refractivity contribution < 1.29 is 9.47 Å². The second-order valence-corrected chi connectivity index (χ2v) is 8.40. The van der Waals surface area contributed by atoms with Crippen LogP contribution in [0.3, 0.4) is 0 Å². The Morgan fingerprint density at radius 3 is 2.46 bits per heavy atom. The van der Waals surface area contributed by atoms with Crippen molar-refractivity contribution in [2.45, 2.75) is 50.9 Å². The van der Waals surface area contributed by atoms with Gasteiger partial charge in [-0.1, -0.05) is 36.8 Å². The molecule has 0 bridgehead atoms. The van der Waals surface area contributed by atoms with E-state index < -0.39 is 0 Å². The highest BCUT2D eigenvalue weighted by atomic mass is 16.5. The summed E-state index contributed by atoms with van der Waals surface area (Å²) in [6, 6.07) is 10.9. The zero-order valence-electron chi connectivity index (χ0n) is 17.6. The molecule has 0 amide bonds. The van der Waals surface area contributed by atoms with Crippen LogP contribution < -0.4 is 10.6 Å². The highest BCUT2D eigenvalue weighted by molar-refractivity contribution is 5.80. The summed E-state index contributed by atoms with van der Waals surface area (Å²) in [5.41, 5.74) is 1.85. The van der Waals surface area contributed by atoms with E-state index in [9.17, 15) is 0 Å². The van der Waals surface area contributed by atoms with Crippen LogP contribution in [0.25, 0.3) is 0 Å². The molecule has 28 heavy (non-hydrogen) atoms. The molecule has 1 saturated heterocycles. The van der Waals surface area contributed by atoms with E-state index in [4.69, 9.17) is 14.5 Å². The SMILES string of the molecule is CCNC(=NCC1(CCOC)CCC1)NCC1(c2ccccc2)CCOCC1. The third-order valence-corrected chi connectivity index (χ3v) is 6.60. The average molecular weight is 388 g/mol. The lowest BCUT2D eigenvalue weighted by atomic mass is 9.67. The lowest BCUT2D eigenvalue weighted by Crippen LogP contribution is -2.48. The van der Waals surface area contributed by atoms with Crippen molar-refractivity contribution in [3.8, 4) is 0 Å². The van der Waals surface area contributed by atoms with E-state index in [1.54, 1.807) is 7.11 Å². The van der Waals surface area contributed by atoms with Crippen molar-refractivity contribution in [1.29, 1.82) is 0 Å². The van der Waals surface area contributed by atoms with Crippen LogP contribution >= 0.6 is 0 Å². The highest BCUT2D eigenvalue weighted by Crippen LogP contribution is 2.44. The largest absolute Gasteiger partial charge is 0.385 e. The molecule has 0 atom stereocenters. The number of ether oxygens (including phenoxy) is 2. The Morgan fingerprint density at radius 2 is 1.86 bits per heavy atom. The fraction of sp³-hybridized carbons (Fsp3) is 0.696. The van der Waals surface area contributed by atoms with Crippen LogP contribution in [0.2, 0.25) is 0 Å². The summed E-state index contributed by atoms with van der Waals surface area (Å²) < 4.78 is 11.0. The molecule has 3 rings (SSSR count). The molecule has 2 N–H and O–H groups in total. The number of nitrogens with zero attached hydrogens (tertiary/aromatic N) is 1. The number of hydrogen-bond acceptors (Lipinski definition) is 3. The van der Waals surface area contributed by atoms with Crippen LogP contribution in [0.15, 0.2) is 35.3 Å². The topological polar surface area (TPSA) is 54.9 Å². The van der Waals surface area contributed by atoms with Crippen LogP contribution in [0.1, 0.15) is 51.0 Å². The summed E-state index contributed by atoms with van der Waals surface area (Å²) in [6.07, 6.45) is 7.05. The van der Waals surface area contributed by atoms with Gasteiger partial charge in [0.1, 0.15) is 0 Å². The van der Waals surface area contributed by atoms with Crippen LogP contribution in [0.4, 0.5) is 0 Å². The molecule has 2 aliphatic rings. The van der Waals surface area contributed by atoms with Crippen molar-refractivity contribution in [3.05, 3.63) is 35.9 Å². The van der Waals surface area contributed by atoms with Gasteiger partial charge in [-0.05, 0) is 50.0 Å². The van der Waals surface area contributed by atoms with Crippen molar-refractivity contribution in [1.82, 2.24) is 10.6 Å². The Kier molecular flexibility index (Phi) is 7.74. The molecular weight excluding hydrogens is 350 g/mol. The molecule has 156 valence electrons. The van der Waals surface area contributed by atoms with E-state index in [1.807, 2.05) is 0 Å². The minimum atomic E-state index is 0.111. The van der Waals surface area contributed by atoms with Crippen molar-refractivity contribution in [2.75, 3.05) is 46.6 Å². The normalized spacial score (nSPS) is 21.0. The number of methoxy groups -OCH3 is 1. The molecule has 0 aromatic heterocycles. The first-order valence-electron chi connectivity index (χ1n) is 10.9. The lowest BCUT2D eigenvalue weighted by molar-refractivity contribution is 0.0513. The van der Waals surface area contributed by atoms with Gasteiger partial charge in [0.2, 0.25) is 0 Å². The van der Waals surface area contributed by atoms with Gasteiger partial charge in [-0.3, -0.25) is 4.99 Å². The molecule has 5 nitrogen and oxygen atoms in total. The molecule has 0 radical (unpaired) electrons. The Hall–Kier alpha value is -1.59. The predicted octanol–water partition coefficient (Wildman–Crippen LogP) is 3.50. The van der Waals surface area contributed by atoms with E-state index in [0.717, 1.165) is 64.7 Å². The van der Waals surface area contributed by atoms with Gasteiger partial charge in [-0.15, -0.1) is 0 Å². The highest BCUT2D eigenvalue weighted by Gasteiger charge is 2.37. The molecule has 0 spiro atoms. The number of nitrogens with one attached hydrogen (secondary N) is 2. The van der Waals surface area contributed by atoms with Crippen LogP contribution in [0.5, 0.6) is 0 Å². The fourth-order valence-corrected chi connectivity index (χ4v) is 4.45. The minimum Gasteiger partial charge on any atom is -0.385 e. The molecule has 2 fully saturated rings. The average Bonchev–Trinajstić information content (AvgIpc) is 2.72. The first-order chi connectivity index (χ1) is 13.7. The first kappa shape index (κ1) is 21.1. The number of benzene rings is 1. The number of guanidine groups is 1. The smallest absolute Gasteiger partial charge is 0.191 e. The van der Waals surface area contributed by atoms with Gasteiger partial charge in [-0.25, -0.2) is 0 Å². The van der Waals surface area contributed by atoms with Crippen LogP contribution in [0, 0.1) is 5.41 Å². The van der Waals surface area contributed by atoms with Crippen molar-refractivity contribution in [2.24, 2.45) is 10.4 Å². The summed E-state index contributed by atoms with van der Waals surface area (Å²) in [5, 5.41) is 7.10. The van der Waals surface area contributed by atoms with Gasteiger partial charge in [0.05, 0.1) is 0 Å². The maximum atomic E-state index is 5.67. The van der Waals surface area contributed by atoms with Gasteiger partial charge in [-0.2, -0.15) is 0 Å². The molecule has 0 unspecified atom stereocenters. The Balaban J connectivity index is 1.67. The van der Waals surface area contributed by atoms with E-state index >= 15 is 0 Å². The standard InChI is InChI=1S/C23H37N3O2/c1-3-24-21(25-18-22(10-7-11-22)12-15-27-2)26-19-23(13-16-28-17-14-23)20-8-5-4-6-9-20/h4-6,8-9H,3,7,10-19H2,1-2H3,(H2,24,25,26). The van der Waals surface area contributed by atoms with Gasteiger partial charge in [0, 0.05) is 52.0 Å². The predicted molar refractivity (Wildman–Crippen MR) is 115 cm³/mol. The molecule has 5 heteroatoms. The molecule has 1 aromatic rings. The fourth-order valence-electron chi connectivity index (χ4n) is 4.45. The number of hydrogen-bond donors (Lipinski definition) is 2. The van der Waals surface area contributed by atoms with Crippen LogP contribution in [-0.4, -0.2) is 52.5 Å². The van der Waals surface area contributed by atoms with Gasteiger partial charge >= 0.3 is 0 Å². The summed E-state index contributed by atoms with van der Waals surface area (Å²) in [4.78, 5) is 4.98. The quantitative estimate of drug-likeness (QED) is 0.503. The zero-order chi connectivity index (χ0) is 19.7. The van der Waals surface area contributed by atoms with Crippen molar-refractivity contribution >= 4 is 5.96 Å². The first-order valence-corrected chi connectivity index (χ1v) is 10.9. The molecular formula is C23H37N3O2. The lowest BCUT2D eigenvalue weighted by Gasteiger charge is -2.41. The summed E-state index contributed by atoms with van der Waals surface area (Å²) in [5.74, 6) is 0.938. The minimum absolute atomic E-state index is 0.111. The maximum Gasteiger partial charge on any atom is 0.191 e. The molecule has 1 aliphatic heterocycles. The second kappa shape index (κ2) is 10.3. The Bertz CT molecular complexity index is 608. The van der Waals surface area contributed by atoms with E-state index in [-0.39, 0.29) is 5.41 Å². The third kappa shape index (κ3) is 5.26. The maximum absolute atomic E-state index is 5.67. The second-order valence-electron chi connectivity index (χ2n) is 8.40. The van der Waals surface area contributed by atoms with Crippen molar-refractivity contribution in [3.63, 3.8) is 0 Å². The summed E-state index contributed by atoms with van der Waals surface area (Å²) >= 11 is 0. The van der Waals surface area contributed by atoms with Gasteiger partial charge < -0.3 is 20.1 Å². The molecule has 1 heterocycles. The molecule has 1 aromatic carbocycles. The Morgan fingerprint density at radius 1 is 1.11 bits per heavy atom. The number of rotatable bonds is 9. The summed E-state index contributed by atoms with van der Waals surface area (Å²) in [7, 11) is 1.79. The molecule has 1 saturated carbocycles. The Labute approximate surface area is 170 Å². The zero-order valence-corrected chi connectivity index (χ0v) is 17.6. The monoisotopic (exact) mass is 387 g/mol. The van der Waals surface area contributed by atoms with Crippen LogP contribution in [-0.2, 0) is 14.9 Å². The molecule has 1 aliphatic carbocycles. The van der Waals surface area contributed by atoms with E-state index in [0.29, 0.717) is 5.41 Å². The third-order valence-electron chi connectivity index (χ3n) is 6.60. The summed E-state index contributed by atoms with van der Waals surface area (Å²) in [6.45, 7) is 7.25.